The molecule has 0 spiro atoms. The van der Waals surface area contributed by atoms with E-state index in [2.05, 4.69) is 16.7 Å². The van der Waals surface area contributed by atoms with Crippen molar-refractivity contribution in [3.63, 3.8) is 0 Å². The van der Waals surface area contributed by atoms with Crippen molar-refractivity contribution in [2.45, 2.75) is 25.3 Å². The van der Waals surface area contributed by atoms with E-state index in [4.69, 9.17) is 10.00 Å². The third-order valence-electron chi connectivity index (χ3n) is 4.47. The fourth-order valence-electron chi connectivity index (χ4n) is 3.20. The van der Waals surface area contributed by atoms with Gasteiger partial charge in [-0.1, -0.05) is 24.3 Å². The van der Waals surface area contributed by atoms with Crippen LogP contribution in [0.1, 0.15) is 35.6 Å². The number of nitrogens with zero attached hydrogens (tertiary/aromatic N) is 1. The van der Waals surface area contributed by atoms with Gasteiger partial charge in [0.15, 0.2) is 0 Å². The second kappa shape index (κ2) is 8.97. The average molecular weight is 363 g/mol. The number of anilines is 1. The SMILES string of the molecule is N#Cc1ccc(NC(=O)COCC(=O)NC2CCCc3ccccc32)cc1. The molecule has 0 heterocycles. The summed E-state index contributed by atoms with van der Waals surface area (Å²) in [6, 6.07) is 16.7. The predicted molar refractivity (Wildman–Crippen MR) is 101 cm³/mol. The van der Waals surface area contributed by atoms with Gasteiger partial charge >= 0.3 is 0 Å². The number of benzene rings is 2. The van der Waals surface area contributed by atoms with Crippen LogP contribution in [-0.2, 0) is 20.7 Å². The van der Waals surface area contributed by atoms with Gasteiger partial charge in [0, 0.05) is 5.69 Å². The number of hydrogen-bond donors (Lipinski definition) is 2. The van der Waals surface area contributed by atoms with Gasteiger partial charge in [-0.3, -0.25) is 9.59 Å². The maximum atomic E-state index is 12.1. The van der Waals surface area contributed by atoms with Gasteiger partial charge < -0.3 is 15.4 Å². The molecule has 2 amide bonds. The monoisotopic (exact) mass is 363 g/mol. The van der Waals surface area contributed by atoms with Crippen molar-refractivity contribution in [3.05, 3.63) is 65.2 Å². The quantitative estimate of drug-likeness (QED) is 0.825. The van der Waals surface area contributed by atoms with Crippen LogP contribution in [0.2, 0.25) is 0 Å². The number of carbonyl (C=O) groups is 2. The van der Waals surface area contributed by atoms with Crippen LogP contribution in [0.25, 0.3) is 0 Å². The fourth-order valence-corrected chi connectivity index (χ4v) is 3.20. The Hall–Kier alpha value is -3.17. The average Bonchev–Trinajstić information content (AvgIpc) is 2.69. The molecule has 0 aliphatic heterocycles. The van der Waals surface area contributed by atoms with Crippen LogP contribution in [0.15, 0.2) is 48.5 Å². The second-order valence-electron chi connectivity index (χ2n) is 6.44. The van der Waals surface area contributed by atoms with Crippen molar-refractivity contribution in [1.82, 2.24) is 5.32 Å². The van der Waals surface area contributed by atoms with Crippen molar-refractivity contribution in [3.8, 4) is 6.07 Å². The predicted octanol–water partition coefficient (Wildman–Crippen LogP) is 2.71. The standard InChI is InChI=1S/C21H21N3O3/c22-12-15-8-10-17(11-9-15)23-20(25)13-27-14-21(26)24-19-7-3-5-16-4-1-2-6-18(16)19/h1-2,4,6,8-11,19H,3,5,7,13-14H2,(H,23,25)(H,24,26). The van der Waals surface area contributed by atoms with Crippen molar-refractivity contribution >= 4 is 17.5 Å². The van der Waals surface area contributed by atoms with Crippen LogP contribution in [0, 0.1) is 11.3 Å². The minimum absolute atomic E-state index is 0.00137. The van der Waals surface area contributed by atoms with Crippen LogP contribution >= 0.6 is 0 Å². The maximum Gasteiger partial charge on any atom is 0.250 e. The molecule has 0 bridgehead atoms. The van der Waals surface area contributed by atoms with Gasteiger partial charge in [-0.2, -0.15) is 5.26 Å². The Balaban J connectivity index is 1.42. The minimum atomic E-state index is -0.351. The summed E-state index contributed by atoms with van der Waals surface area (Å²) in [5, 5.41) is 14.4. The van der Waals surface area contributed by atoms with Gasteiger partial charge in [0.1, 0.15) is 13.2 Å². The van der Waals surface area contributed by atoms with Gasteiger partial charge in [-0.15, -0.1) is 0 Å². The Morgan fingerprint density at radius 2 is 1.81 bits per heavy atom. The number of amides is 2. The van der Waals surface area contributed by atoms with E-state index in [1.807, 2.05) is 24.3 Å². The van der Waals surface area contributed by atoms with E-state index < -0.39 is 0 Å². The number of fused-ring (bicyclic) bond motifs is 1. The van der Waals surface area contributed by atoms with Gasteiger partial charge in [-0.25, -0.2) is 0 Å². The highest BCUT2D eigenvalue weighted by Gasteiger charge is 2.21. The minimum Gasteiger partial charge on any atom is -0.362 e. The summed E-state index contributed by atoms with van der Waals surface area (Å²) in [5.74, 6) is -0.585. The molecule has 1 atom stereocenters. The third kappa shape index (κ3) is 5.16. The zero-order chi connectivity index (χ0) is 19.1. The van der Waals surface area contributed by atoms with E-state index in [0.29, 0.717) is 11.3 Å². The lowest BCUT2D eigenvalue weighted by Crippen LogP contribution is -2.34. The van der Waals surface area contributed by atoms with Crippen LogP contribution in [0.4, 0.5) is 5.69 Å². The number of aryl methyl sites for hydroxylation is 1. The summed E-state index contributed by atoms with van der Waals surface area (Å²) < 4.78 is 5.23. The van der Waals surface area contributed by atoms with Gasteiger partial charge in [0.25, 0.3) is 0 Å². The Kier molecular flexibility index (Phi) is 6.18. The van der Waals surface area contributed by atoms with Gasteiger partial charge in [0.05, 0.1) is 17.7 Å². The summed E-state index contributed by atoms with van der Waals surface area (Å²) in [7, 11) is 0. The third-order valence-corrected chi connectivity index (χ3v) is 4.47. The van der Waals surface area contributed by atoms with Crippen LogP contribution in [0.3, 0.4) is 0 Å². The van der Waals surface area contributed by atoms with Crippen LogP contribution in [0.5, 0.6) is 0 Å². The summed E-state index contributed by atoms with van der Waals surface area (Å²) in [6.45, 7) is -0.381. The van der Waals surface area contributed by atoms with Crippen molar-refractivity contribution in [2.75, 3.05) is 18.5 Å². The highest BCUT2D eigenvalue weighted by Crippen LogP contribution is 2.29. The number of nitrogens with one attached hydrogen (secondary N) is 2. The molecule has 3 rings (SSSR count). The van der Waals surface area contributed by atoms with Crippen LogP contribution < -0.4 is 10.6 Å². The van der Waals surface area contributed by atoms with Crippen molar-refractivity contribution < 1.29 is 14.3 Å². The summed E-state index contributed by atoms with van der Waals surface area (Å²) >= 11 is 0. The summed E-state index contributed by atoms with van der Waals surface area (Å²) in [4.78, 5) is 24.0. The molecule has 6 nitrogen and oxygen atoms in total. The number of carbonyl (C=O) groups excluding carboxylic acids is 2. The second-order valence-corrected chi connectivity index (χ2v) is 6.44. The summed E-state index contributed by atoms with van der Waals surface area (Å²) in [6.07, 6.45) is 2.98. The first kappa shape index (κ1) is 18.6. The van der Waals surface area contributed by atoms with E-state index in [1.165, 1.54) is 5.56 Å². The molecule has 2 N–H and O–H groups in total. The van der Waals surface area contributed by atoms with Crippen molar-refractivity contribution in [2.24, 2.45) is 0 Å². The Bertz CT molecular complexity index is 856. The lowest BCUT2D eigenvalue weighted by molar-refractivity contribution is -0.129. The molecule has 1 aliphatic rings. The normalized spacial score (nSPS) is 15.3. The van der Waals surface area contributed by atoms with Crippen LogP contribution in [-0.4, -0.2) is 25.0 Å². The first-order valence-corrected chi connectivity index (χ1v) is 8.90. The lowest BCUT2D eigenvalue weighted by atomic mass is 9.88. The molecule has 2 aromatic carbocycles. The largest absolute Gasteiger partial charge is 0.362 e. The van der Waals surface area contributed by atoms with E-state index in [1.54, 1.807) is 24.3 Å². The Morgan fingerprint density at radius 1 is 1.07 bits per heavy atom. The smallest absolute Gasteiger partial charge is 0.250 e. The zero-order valence-electron chi connectivity index (χ0n) is 14.9. The van der Waals surface area contributed by atoms with E-state index in [0.717, 1.165) is 24.8 Å². The molecule has 0 saturated carbocycles. The van der Waals surface area contributed by atoms with Crippen molar-refractivity contribution in [1.29, 1.82) is 5.26 Å². The molecular weight excluding hydrogens is 342 g/mol. The first-order chi connectivity index (χ1) is 13.2. The first-order valence-electron chi connectivity index (χ1n) is 8.90. The Labute approximate surface area is 158 Å². The van der Waals surface area contributed by atoms with E-state index in [-0.39, 0.29) is 31.1 Å². The van der Waals surface area contributed by atoms with Gasteiger partial charge in [0.2, 0.25) is 11.8 Å². The highest BCUT2D eigenvalue weighted by atomic mass is 16.5. The molecule has 27 heavy (non-hydrogen) atoms. The number of ether oxygens (including phenoxy) is 1. The van der Waals surface area contributed by atoms with E-state index >= 15 is 0 Å². The van der Waals surface area contributed by atoms with Gasteiger partial charge in [-0.05, 0) is 54.7 Å². The number of nitriles is 1. The molecule has 2 aromatic rings. The molecule has 0 saturated heterocycles. The summed E-state index contributed by atoms with van der Waals surface area (Å²) in [5.41, 5.74) is 3.53. The molecule has 1 aliphatic carbocycles. The Morgan fingerprint density at radius 3 is 2.59 bits per heavy atom. The number of rotatable bonds is 6. The molecule has 138 valence electrons. The zero-order valence-corrected chi connectivity index (χ0v) is 14.9. The number of hydrogen-bond acceptors (Lipinski definition) is 4. The molecule has 0 radical (unpaired) electrons. The molecule has 1 unspecified atom stereocenters. The molecular formula is C21H21N3O3. The highest BCUT2D eigenvalue weighted by molar-refractivity contribution is 5.91. The molecule has 6 heteroatoms. The molecule has 0 fully saturated rings. The topological polar surface area (TPSA) is 91.2 Å². The van der Waals surface area contributed by atoms with E-state index in [9.17, 15) is 9.59 Å². The maximum absolute atomic E-state index is 12.1. The lowest BCUT2D eigenvalue weighted by Gasteiger charge is -2.26. The molecule has 0 aromatic heterocycles. The fraction of sp³-hybridized carbons (Fsp3) is 0.286.